The van der Waals surface area contributed by atoms with Crippen LogP contribution in [0.15, 0.2) is 42.5 Å². The molecule has 8 nitrogen and oxygen atoms in total. The average Bonchev–Trinajstić information content (AvgIpc) is 2.84. The van der Waals surface area contributed by atoms with Crippen LogP contribution in [-0.4, -0.2) is 47.7 Å². The highest BCUT2D eigenvalue weighted by Gasteiger charge is 2.32. The summed E-state index contributed by atoms with van der Waals surface area (Å²) in [7, 11) is 0. The number of hydrogen-bond acceptors (Lipinski definition) is 6. The van der Waals surface area contributed by atoms with Crippen molar-refractivity contribution in [2.24, 2.45) is 0 Å². The van der Waals surface area contributed by atoms with E-state index in [4.69, 9.17) is 26.3 Å². The van der Waals surface area contributed by atoms with Crippen molar-refractivity contribution in [3.63, 3.8) is 0 Å². The number of aliphatic hydroxyl groups excluding tert-OH is 1. The Hall–Kier alpha value is -3.10. The van der Waals surface area contributed by atoms with Crippen molar-refractivity contribution >= 4 is 35.1 Å². The van der Waals surface area contributed by atoms with Gasteiger partial charge in [0.15, 0.2) is 0 Å². The average molecular weight is 433 g/mol. The topological polar surface area (TPSA) is 96.4 Å². The van der Waals surface area contributed by atoms with Crippen molar-refractivity contribution < 1.29 is 29.1 Å². The number of aliphatic hydroxyl groups is 1. The van der Waals surface area contributed by atoms with Gasteiger partial charge in [0.25, 0.3) is 11.8 Å². The highest BCUT2D eigenvalue weighted by molar-refractivity contribution is 6.34. The van der Waals surface area contributed by atoms with Crippen LogP contribution in [0.4, 0.5) is 5.69 Å². The molecule has 9 heteroatoms. The van der Waals surface area contributed by atoms with Gasteiger partial charge in [-0.2, -0.15) is 5.06 Å². The minimum absolute atomic E-state index is 0.0110. The van der Waals surface area contributed by atoms with Crippen molar-refractivity contribution in [3.8, 4) is 5.75 Å². The van der Waals surface area contributed by atoms with E-state index in [0.29, 0.717) is 30.0 Å². The van der Waals surface area contributed by atoms with Crippen molar-refractivity contribution in [2.75, 3.05) is 24.7 Å². The van der Waals surface area contributed by atoms with Gasteiger partial charge in [0.05, 0.1) is 23.7 Å². The minimum Gasteiger partial charge on any atom is -0.493 e. The maximum atomic E-state index is 13.3. The molecule has 0 aromatic heterocycles. The fourth-order valence-electron chi connectivity index (χ4n) is 3.03. The Morgan fingerprint density at radius 1 is 1.17 bits per heavy atom. The van der Waals surface area contributed by atoms with Crippen LogP contribution in [0, 0.1) is 0 Å². The van der Waals surface area contributed by atoms with Gasteiger partial charge in [-0.25, -0.2) is 0 Å². The van der Waals surface area contributed by atoms with Crippen LogP contribution >= 0.6 is 11.6 Å². The van der Waals surface area contributed by atoms with Crippen LogP contribution in [0.3, 0.4) is 0 Å². The molecule has 0 radical (unpaired) electrons. The third-order valence-corrected chi connectivity index (χ3v) is 4.71. The molecular weight excluding hydrogens is 412 g/mol. The second-order valence-corrected chi connectivity index (χ2v) is 7.01. The van der Waals surface area contributed by atoms with Crippen LogP contribution in [0.5, 0.6) is 5.75 Å². The Morgan fingerprint density at radius 3 is 2.63 bits per heavy atom. The largest absolute Gasteiger partial charge is 0.493 e. The molecule has 1 aliphatic heterocycles. The lowest BCUT2D eigenvalue weighted by Gasteiger charge is -2.22. The van der Waals surface area contributed by atoms with Gasteiger partial charge >= 0.3 is 5.97 Å². The summed E-state index contributed by atoms with van der Waals surface area (Å²) in [6, 6.07) is 11.7. The van der Waals surface area contributed by atoms with Gasteiger partial charge < -0.3 is 14.7 Å². The quantitative estimate of drug-likeness (QED) is 0.705. The monoisotopic (exact) mass is 432 g/mol. The molecule has 2 aromatic rings. The van der Waals surface area contributed by atoms with Gasteiger partial charge in [-0.1, -0.05) is 29.8 Å². The van der Waals surface area contributed by atoms with E-state index < -0.39 is 17.8 Å². The van der Waals surface area contributed by atoms with Gasteiger partial charge in [0, 0.05) is 25.6 Å². The Bertz CT molecular complexity index is 964. The zero-order valence-electron chi connectivity index (χ0n) is 16.3. The number of hydroxylamine groups is 2. The first kappa shape index (κ1) is 21.6. The molecule has 0 atom stereocenters. The smallest absolute Gasteiger partial charge is 0.329 e. The number of hydrogen-bond donors (Lipinski definition) is 1. The summed E-state index contributed by atoms with van der Waals surface area (Å²) in [5, 5.41) is 9.96. The van der Waals surface area contributed by atoms with E-state index in [1.54, 1.807) is 30.3 Å². The van der Waals surface area contributed by atoms with E-state index in [2.05, 4.69) is 0 Å². The van der Waals surface area contributed by atoms with Crippen molar-refractivity contribution in [3.05, 3.63) is 58.6 Å². The number of fused-ring (bicyclic) bond motifs is 1. The summed E-state index contributed by atoms with van der Waals surface area (Å²) in [5.74, 6) is -1.15. The fraction of sp³-hybridized carbons (Fsp3) is 0.286. The maximum absolute atomic E-state index is 13.3. The molecule has 2 aromatic carbocycles. The molecule has 0 fully saturated rings. The summed E-state index contributed by atoms with van der Waals surface area (Å²) in [5.41, 5.74) is 1.39. The lowest BCUT2D eigenvalue weighted by Crippen LogP contribution is -2.40. The molecular formula is C21H21ClN2O6. The van der Waals surface area contributed by atoms with Gasteiger partial charge in [-0.05, 0) is 29.8 Å². The molecule has 1 N–H and O–H groups in total. The number of para-hydroxylation sites is 1. The first-order chi connectivity index (χ1) is 14.4. The minimum atomic E-state index is -0.625. The molecule has 0 saturated heterocycles. The van der Waals surface area contributed by atoms with E-state index in [-0.39, 0.29) is 30.3 Å². The normalized spacial score (nSPS) is 13.5. The van der Waals surface area contributed by atoms with E-state index in [1.165, 1.54) is 24.0 Å². The second-order valence-electron chi connectivity index (χ2n) is 6.60. The number of benzene rings is 2. The predicted octanol–water partition coefficient (Wildman–Crippen LogP) is 2.57. The predicted molar refractivity (Wildman–Crippen MR) is 109 cm³/mol. The molecule has 0 aliphatic carbocycles. The van der Waals surface area contributed by atoms with E-state index in [9.17, 15) is 14.4 Å². The molecule has 158 valence electrons. The zero-order chi connectivity index (χ0) is 21.7. The van der Waals surface area contributed by atoms with Crippen LogP contribution in [-0.2, 0) is 21.0 Å². The zero-order valence-corrected chi connectivity index (χ0v) is 17.1. The van der Waals surface area contributed by atoms with Gasteiger partial charge in [-0.15, -0.1) is 0 Å². The number of nitrogens with zero attached hydrogens (tertiary/aromatic N) is 2. The van der Waals surface area contributed by atoms with E-state index in [0.717, 1.165) is 5.06 Å². The molecule has 1 aliphatic rings. The standard InChI is InChI=1S/C21H21ClN2O6/c1-14(26)30-24-12-15-5-2-3-6-19(15)23(13-20(24)27)21(28)17-8-7-16(11-18(17)22)29-10-4-9-25/h2-3,5-8,11,25H,4,9-10,12-13H2,1H3. The highest BCUT2D eigenvalue weighted by atomic mass is 35.5. The first-order valence-corrected chi connectivity index (χ1v) is 9.70. The number of ether oxygens (including phenoxy) is 1. The highest BCUT2D eigenvalue weighted by Crippen LogP contribution is 2.30. The van der Waals surface area contributed by atoms with Gasteiger partial charge in [0.2, 0.25) is 0 Å². The second kappa shape index (κ2) is 9.60. The Kier molecular flexibility index (Phi) is 6.91. The molecule has 0 spiro atoms. The number of carbonyl (C=O) groups is 3. The van der Waals surface area contributed by atoms with Crippen LogP contribution in [0.1, 0.15) is 29.3 Å². The molecule has 2 amide bonds. The Morgan fingerprint density at radius 2 is 1.93 bits per heavy atom. The summed E-state index contributed by atoms with van der Waals surface area (Å²) >= 11 is 6.32. The van der Waals surface area contributed by atoms with Crippen molar-refractivity contribution in [2.45, 2.75) is 19.9 Å². The number of anilines is 1. The number of amides is 2. The lowest BCUT2D eigenvalue weighted by atomic mass is 10.1. The van der Waals surface area contributed by atoms with Crippen LogP contribution < -0.4 is 9.64 Å². The Labute approximate surface area is 178 Å². The lowest BCUT2D eigenvalue weighted by molar-refractivity contribution is -0.197. The Balaban J connectivity index is 1.90. The number of rotatable bonds is 6. The van der Waals surface area contributed by atoms with Gasteiger partial charge in [-0.3, -0.25) is 19.3 Å². The van der Waals surface area contributed by atoms with E-state index in [1.807, 2.05) is 0 Å². The third-order valence-electron chi connectivity index (χ3n) is 4.39. The maximum Gasteiger partial charge on any atom is 0.329 e. The first-order valence-electron chi connectivity index (χ1n) is 9.32. The molecule has 0 bridgehead atoms. The summed E-state index contributed by atoms with van der Waals surface area (Å²) < 4.78 is 5.47. The van der Waals surface area contributed by atoms with Crippen molar-refractivity contribution in [1.82, 2.24) is 5.06 Å². The number of halogens is 1. The van der Waals surface area contributed by atoms with Crippen LogP contribution in [0.25, 0.3) is 0 Å². The van der Waals surface area contributed by atoms with Gasteiger partial charge in [0.1, 0.15) is 12.3 Å². The summed E-state index contributed by atoms with van der Waals surface area (Å²) in [4.78, 5) is 43.6. The molecule has 0 unspecified atom stereocenters. The fourth-order valence-corrected chi connectivity index (χ4v) is 3.28. The summed E-state index contributed by atoms with van der Waals surface area (Å²) in [6.45, 7) is 1.26. The van der Waals surface area contributed by atoms with Crippen LogP contribution in [0.2, 0.25) is 5.02 Å². The molecule has 3 rings (SSSR count). The SMILES string of the molecule is CC(=O)ON1Cc2ccccc2N(C(=O)c2ccc(OCCCO)cc2Cl)CC1=O. The third kappa shape index (κ3) is 4.90. The molecule has 1 heterocycles. The van der Waals surface area contributed by atoms with E-state index >= 15 is 0 Å². The molecule has 0 saturated carbocycles. The number of carbonyl (C=O) groups excluding carboxylic acids is 3. The molecule has 30 heavy (non-hydrogen) atoms. The van der Waals surface area contributed by atoms with Crippen molar-refractivity contribution in [1.29, 1.82) is 0 Å². The summed E-state index contributed by atoms with van der Waals surface area (Å²) in [6.07, 6.45) is 0.476.